The Balaban J connectivity index is 3.45. The maximum absolute atomic E-state index is 11.1. The minimum absolute atomic E-state index is 0.179. The topological polar surface area (TPSA) is 46.5 Å². The Morgan fingerprint density at radius 3 is 2.57 bits per heavy atom. The van der Waals surface area contributed by atoms with Crippen LogP contribution in [0.4, 0.5) is 0 Å². The molecule has 0 aromatic heterocycles. The summed E-state index contributed by atoms with van der Waals surface area (Å²) in [4.78, 5) is 11.1. The molecule has 82 valence electrons. The molecule has 0 aromatic carbocycles. The predicted molar refractivity (Wildman–Crippen MR) is 60.1 cm³/mol. The monoisotopic (exact) mass is 216 g/mol. The number of esters is 1. The molecular weight excluding hydrogens is 196 g/mol. The molecule has 0 bridgehead atoms. The first kappa shape index (κ1) is 13.2. The van der Waals surface area contributed by atoms with Crippen molar-refractivity contribution >= 4 is 14.0 Å². The van der Waals surface area contributed by atoms with Crippen LogP contribution in [0.15, 0.2) is 12.3 Å². The Morgan fingerprint density at radius 1 is 1.43 bits per heavy atom. The van der Waals surface area contributed by atoms with Crippen LogP contribution in [-0.4, -0.2) is 25.8 Å². The summed E-state index contributed by atoms with van der Waals surface area (Å²) in [5.74, 6) is -0.179. The number of rotatable bonds is 6. The first-order valence-electron chi connectivity index (χ1n) is 4.90. The zero-order chi connectivity index (χ0) is 11.0. The number of carbonyl (C=O) groups excluding carboxylic acids is 1. The number of ether oxygens (including phenoxy) is 1. The molecule has 0 rings (SSSR count). The number of aliphatic hydroxyl groups excluding tert-OH is 1. The van der Waals surface area contributed by atoms with Gasteiger partial charge in [-0.3, -0.25) is 4.79 Å². The van der Waals surface area contributed by atoms with Crippen LogP contribution in [0, 0.1) is 0 Å². The molecule has 4 heteroatoms. The molecule has 0 fully saturated rings. The Bertz CT molecular complexity index is 194. The van der Waals surface area contributed by atoms with E-state index >= 15 is 0 Å². The third-order valence-electron chi connectivity index (χ3n) is 1.74. The summed E-state index contributed by atoms with van der Waals surface area (Å²) in [6.45, 7) is 7.28. The van der Waals surface area contributed by atoms with E-state index < -0.39 is 8.07 Å². The van der Waals surface area contributed by atoms with Crippen molar-refractivity contribution in [2.45, 2.75) is 38.5 Å². The maximum Gasteiger partial charge on any atom is 0.306 e. The van der Waals surface area contributed by atoms with Crippen molar-refractivity contribution in [3.05, 3.63) is 12.3 Å². The highest BCUT2D eigenvalue weighted by Crippen LogP contribution is 2.08. The van der Waals surface area contributed by atoms with Crippen molar-refractivity contribution < 1.29 is 14.6 Å². The molecule has 0 unspecified atom stereocenters. The van der Waals surface area contributed by atoms with E-state index in [2.05, 4.69) is 19.6 Å². The molecule has 0 aromatic rings. The van der Waals surface area contributed by atoms with E-state index in [1.165, 1.54) is 0 Å². The molecule has 0 heterocycles. The van der Waals surface area contributed by atoms with Gasteiger partial charge in [0.2, 0.25) is 0 Å². The summed E-state index contributed by atoms with van der Waals surface area (Å²) in [6.07, 6.45) is 3.39. The maximum atomic E-state index is 11.1. The fraction of sp³-hybridized carbons (Fsp3) is 0.700. The van der Waals surface area contributed by atoms with Crippen molar-refractivity contribution in [1.29, 1.82) is 0 Å². The molecule has 1 N–H and O–H groups in total. The lowest BCUT2D eigenvalue weighted by Gasteiger charge is -2.14. The standard InChI is InChI=1S/C10H20O3Si/c1-14(2,3)9-8-13-10(12)6-4-5-7-11/h5,7,11H,4,6,8-9H2,1-3H3. The quantitative estimate of drug-likeness (QED) is 0.422. The van der Waals surface area contributed by atoms with E-state index in [0.29, 0.717) is 19.4 Å². The third-order valence-corrected chi connectivity index (χ3v) is 3.44. The number of allylic oxidation sites excluding steroid dienone is 1. The van der Waals surface area contributed by atoms with Crippen molar-refractivity contribution in [3.8, 4) is 0 Å². The lowest BCUT2D eigenvalue weighted by molar-refractivity contribution is -0.143. The van der Waals surface area contributed by atoms with Crippen molar-refractivity contribution in [3.63, 3.8) is 0 Å². The molecule has 0 amide bonds. The Labute approximate surface area is 86.8 Å². The Morgan fingerprint density at radius 2 is 2.07 bits per heavy atom. The van der Waals surface area contributed by atoms with Gasteiger partial charge in [0.15, 0.2) is 0 Å². The van der Waals surface area contributed by atoms with Crippen LogP contribution in [0.5, 0.6) is 0 Å². The Kier molecular flexibility index (Phi) is 6.28. The lowest BCUT2D eigenvalue weighted by atomic mass is 10.3. The van der Waals surface area contributed by atoms with Gasteiger partial charge in [-0.2, -0.15) is 0 Å². The molecule has 0 aliphatic carbocycles. The van der Waals surface area contributed by atoms with E-state index in [0.717, 1.165) is 12.3 Å². The van der Waals surface area contributed by atoms with Gasteiger partial charge < -0.3 is 9.84 Å². The number of hydrogen-bond donors (Lipinski definition) is 1. The van der Waals surface area contributed by atoms with Crippen LogP contribution in [0.3, 0.4) is 0 Å². The van der Waals surface area contributed by atoms with E-state index in [1.807, 2.05) is 0 Å². The number of aliphatic hydroxyl groups is 1. The molecule has 0 spiro atoms. The van der Waals surface area contributed by atoms with Crippen LogP contribution in [0.1, 0.15) is 12.8 Å². The van der Waals surface area contributed by atoms with Crippen LogP contribution >= 0.6 is 0 Å². The Hall–Kier alpha value is -0.773. The zero-order valence-corrected chi connectivity index (χ0v) is 10.2. The highest BCUT2D eigenvalue weighted by Gasteiger charge is 2.13. The molecular formula is C10H20O3Si. The fourth-order valence-corrected chi connectivity index (χ4v) is 1.53. The molecule has 3 nitrogen and oxygen atoms in total. The van der Waals surface area contributed by atoms with Gasteiger partial charge in [0, 0.05) is 14.5 Å². The molecule has 0 atom stereocenters. The van der Waals surface area contributed by atoms with Crippen LogP contribution in [0.25, 0.3) is 0 Å². The second-order valence-corrected chi connectivity index (χ2v) is 10.1. The summed E-state index contributed by atoms with van der Waals surface area (Å²) in [6, 6.07) is 1.01. The summed E-state index contributed by atoms with van der Waals surface area (Å²) in [7, 11) is -1.09. The minimum Gasteiger partial charge on any atom is -0.516 e. The number of hydrogen-bond acceptors (Lipinski definition) is 3. The molecule has 0 aliphatic rings. The molecule has 0 saturated carbocycles. The van der Waals surface area contributed by atoms with Crippen molar-refractivity contribution in [2.75, 3.05) is 6.61 Å². The molecule has 0 saturated heterocycles. The van der Waals surface area contributed by atoms with E-state index in [4.69, 9.17) is 9.84 Å². The summed E-state index contributed by atoms with van der Waals surface area (Å²) in [5, 5.41) is 8.33. The second kappa shape index (κ2) is 6.65. The minimum atomic E-state index is -1.09. The van der Waals surface area contributed by atoms with Crippen molar-refractivity contribution in [1.82, 2.24) is 0 Å². The van der Waals surface area contributed by atoms with Gasteiger partial charge in [-0.15, -0.1) is 0 Å². The average molecular weight is 216 g/mol. The van der Waals surface area contributed by atoms with Crippen LogP contribution in [-0.2, 0) is 9.53 Å². The smallest absolute Gasteiger partial charge is 0.306 e. The zero-order valence-electron chi connectivity index (χ0n) is 9.25. The first-order chi connectivity index (χ1) is 6.45. The van der Waals surface area contributed by atoms with E-state index in [9.17, 15) is 4.79 Å². The average Bonchev–Trinajstić information content (AvgIpc) is 2.02. The normalized spacial score (nSPS) is 11.9. The molecule has 14 heavy (non-hydrogen) atoms. The predicted octanol–water partition coefficient (Wildman–Crippen LogP) is 2.72. The third kappa shape index (κ3) is 9.32. The summed E-state index contributed by atoms with van der Waals surface area (Å²) >= 11 is 0. The van der Waals surface area contributed by atoms with Gasteiger partial charge in [0.05, 0.1) is 12.9 Å². The van der Waals surface area contributed by atoms with E-state index in [1.54, 1.807) is 6.08 Å². The molecule has 0 radical (unpaired) electrons. The van der Waals surface area contributed by atoms with Gasteiger partial charge in [0.25, 0.3) is 0 Å². The fourth-order valence-electron chi connectivity index (χ4n) is 0.819. The lowest BCUT2D eigenvalue weighted by Crippen LogP contribution is -2.22. The highest BCUT2D eigenvalue weighted by molar-refractivity contribution is 6.76. The van der Waals surface area contributed by atoms with Gasteiger partial charge >= 0.3 is 5.97 Å². The first-order valence-corrected chi connectivity index (χ1v) is 8.61. The SMILES string of the molecule is C[Si](C)(C)CCOC(=O)CCC=CO. The summed E-state index contributed by atoms with van der Waals surface area (Å²) in [5.41, 5.74) is 0. The summed E-state index contributed by atoms with van der Waals surface area (Å²) < 4.78 is 5.04. The largest absolute Gasteiger partial charge is 0.516 e. The van der Waals surface area contributed by atoms with Crippen LogP contribution in [0.2, 0.25) is 25.7 Å². The van der Waals surface area contributed by atoms with Crippen LogP contribution < -0.4 is 0 Å². The number of carbonyl (C=O) groups is 1. The highest BCUT2D eigenvalue weighted by atomic mass is 28.3. The van der Waals surface area contributed by atoms with Gasteiger partial charge in [-0.05, 0) is 18.5 Å². The second-order valence-electron chi connectivity index (χ2n) is 4.45. The van der Waals surface area contributed by atoms with Gasteiger partial charge in [-0.25, -0.2) is 0 Å². The molecule has 0 aliphatic heterocycles. The van der Waals surface area contributed by atoms with Gasteiger partial charge in [-0.1, -0.05) is 19.6 Å². The van der Waals surface area contributed by atoms with Crippen molar-refractivity contribution in [2.24, 2.45) is 0 Å². The van der Waals surface area contributed by atoms with E-state index in [-0.39, 0.29) is 5.97 Å². The van der Waals surface area contributed by atoms with Gasteiger partial charge in [0.1, 0.15) is 0 Å².